The second kappa shape index (κ2) is 6.12. The molecule has 0 bridgehead atoms. The summed E-state index contributed by atoms with van der Waals surface area (Å²) in [7, 11) is 3.13. The van der Waals surface area contributed by atoms with Gasteiger partial charge >= 0.3 is 0 Å². The first-order valence-corrected chi connectivity index (χ1v) is 7.19. The number of carbonyl (C=O) groups is 2. The van der Waals surface area contributed by atoms with Gasteiger partial charge in [-0.1, -0.05) is 35.8 Å². The molecular weight excluding hydrogens is 295 g/mol. The number of nitrogens with zero attached hydrogens (tertiary/aromatic N) is 2. The van der Waals surface area contributed by atoms with E-state index < -0.39 is 18.9 Å². The standard InChI is InChI=1S/C16H16BN2O4/c1-18-8-9-19(11-12-6-4-3-5-7-12)16(18)17-13(15(21)22-2)10-14(20)23-17/h3-10H,11H2,1-2H3. The molecule has 1 aliphatic heterocycles. The Labute approximate surface area is 134 Å². The van der Waals surface area contributed by atoms with E-state index in [1.54, 1.807) is 0 Å². The van der Waals surface area contributed by atoms with Gasteiger partial charge in [-0.25, -0.2) is 0 Å². The van der Waals surface area contributed by atoms with Crippen LogP contribution in [0.25, 0.3) is 0 Å². The summed E-state index contributed by atoms with van der Waals surface area (Å²) in [5, 5.41) is 0. The highest BCUT2D eigenvalue weighted by Crippen LogP contribution is 2.13. The molecule has 0 fully saturated rings. The number of esters is 1. The van der Waals surface area contributed by atoms with E-state index in [-0.39, 0.29) is 5.47 Å². The Bertz CT molecular complexity index is 783. The average Bonchev–Trinajstić information content (AvgIpc) is 3.10. The average molecular weight is 311 g/mol. The van der Waals surface area contributed by atoms with Gasteiger partial charge in [0.2, 0.25) is 6.92 Å². The molecule has 2 heterocycles. The molecule has 1 aromatic heterocycles. The lowest BCUT2D eigenvalue weighted by Gasteiger charge is -2.22. The molecule has 0 atom stereocenters. The van der Waals surface area contributed by atoms with Gasteiger partial charge in [0.05, 0.1) is 19.9 Å². The van der Waals surface area contributed by atoms with Crippen LogP contribution in [-0.4, -0.2) is 30.5 Å². The third-order valence-electron chi connectivity index (χ3n) is 3.77. The third-order valence-corrected chi connectivity index (χ3v) is 3.77. The smallest absolute Gasteiger partial charge is 0.296 e. The quantitative estimate of drug-likeness (QED) is 0.444. The van der Waals surface area contributed by atoms with Gasteiger partial charge in [0.25, 0.3) is 11.9 Å². The largest absolute Gasteiger partial charge is 0.691 e. The number of hydrogen-bond acceptors (Lipinski definition) is 4. The monoisotopic (exact) mass is 311 g/mol. The highest BCUT2D eigenvalue weighted by molar-refractivity contribution is 6.80. The van der Waals surface area contributed by atoms with E-state index in [1.807, 2.05) is 58.9 Å². The second-order valence-corrected chi connectivity index (χ2v) is 5.29. The molecule has 1 aromatic carbocycles. The van der Waals surface area contributed by atoms with Crippen molar-refractivity contribution in [2.75, 3.05) is 7.11 Å². The number of imidazole rings is 1. The lowest BCUT2D eigenvalue weighted by molar-refractivity contribution is -0.653. The normalized spacial score (nSPS) is 14.5. The number of carbonyl (C=O) groups excluding carboxylic acids is 2. The minimum absolute atomic E-state index is 0.209. The zero-order valence-corrected chi connectivity index (χ0v) is 12.9. The molecule has 0 aliphatic carbocycles. The molecule has 0 unspecified atom stereocenters. The predicted molar refractivity (Wildman–Crippen MR) is 82.7 cm³/mol. The molecule has 117 valence electrons. The molecule has 7 heteroatoms. The summed E-state index contributed by atoms with van der Waals surface area (Å²) in [5.74, 6) is -1.10. The molecule has 2 aromatic rings. The first-order valence-electron chi connectivity index (χ1n) is 7.19. The number of benzene rings is 1. The van der Waals surface area contributed by atoms with Crippen molar-refractivity contribution in [2.24, 2.45) is 7.05 Å². The summed E-state index contributed by atoms with van der Waals surface area (Å²) >= 11 is 0. The zero-order chi connectivity index (χ0) is 16.4. The van der Waals surface area contributed by atoms with Crippen LogP contribution >= 0.6 is 0 Å². The van der Waals surface area contributed by atoms with Gasteiger partial charge < -0.3 is 9.39 Å². The summed E-state index contributed by atoms with van der Waals surface area (Å²) < 4.78 is 13.9. The molecule has 0 N–H and O–H groups in total. The highest BCUT2D eigenvalue weighted by Gasteiger charge is 2.31. The first kappa shape index (κ1) is 15.1. The lowest BCUT2D eigenvalue weighted by atomic mass is 9.60. The van der Waals surface area contributed by atoms with Crippen molar-refractivity contribution in [1.29, 1.82) is 0 Å². The molecule has 1 aliphatic rings. The predicted octanol–water partition coefficient (Wildman–Crippen LogP) is -0.245. The van der Waals surface area contributed by atoms with Crippen LogP contribution in [0.4, 0.5) is 0 Å². The van der Waals surface area contributed by atoms with Crippen LogP contribution in [0.1, 0.15) is 5.56 Å². The topological polar surface area (TPSA) is 61.4 Å². The molecule has 3 rings (SSSR count). The van der Waals surface area contributed by atoms with Gasteiger partial charge in [-0.05, 0) is 11.6 Å². The minimum Gasteiger partial charge on any atom is -0.691 e. The first-order chi connectivity index (χ1) is 11.1. The van der Waals surface area contributed by atoms with Crippen molar-refractivity contribution in [2.45, 2.75) is 6.54 Å². The van der Waals surface area contributed by atoms with E-state index in [0.29, 0.717) is 12.3 Å². The Morgan fingerprint density at radius 1 is 1.35 bits per heavy atom. The number of aryl methyl sites for hydroxylation is 1. The van der Waals surface area contributed by atoms with Crippen molar-refractivity contribution < 1.29 is 23.5 Å². The zero-order valence-electron chi connectivity index (χ0n) is 12.9. The Morgan fingerprint density at radius 3 is 2.78 bits per heavy atom. The van der Waals surface area contributed by atoms with Crippen molar-refractivity contribution in [3.05, 3.63) is 59.8 Å². The van der Waals surface area contributed by atoms with Crippen LogP contribution in [0.15, 0.2) is 54.3 Å². The Morgan fingerprint density at radius 2 is 2.09 bits per heavy atom. The van der Waals surface area contributed by atoms with Crippen LogP contribution in [0.3, 0.4) is 0 Å². The maximum atomic E-state index is 11.9. The molecule has 0 saturated carbocycles. The summed E-state index contributed by atoms with van der Waals surface area (Å²) in [6, 6.07) is 9.92. The fourth-order valence-electron chi connectivity index (χ4n) is 2.68. The lowest BCUT2D eigenvalue weighted by Crippen LogP contribution is -2.58. The van der Waals surface area contributed by atoms with Crippen molar-refractivity contribution in [3.63, 3.8) is 0 Å². The summed E-state index contributed by atoms with van der Waals surface area (Å²) in [6.45, 7) is -0.154. The Kier molecular flexibility index (Phi) is 4.01. The van der Waals surface area contributed by atoms with Crippen LogP contribution in [0.5, 0.6) is 0 Å². The SMILES string of the molecule is COC(=O)C1=CC(=O)O[B-]1c1n(Cc2ccccc2)cc[n+]1C. The van der Waals surface area contributed by atoms with E-state index >= 15 is 0 Å². The summed E-state index contributed by atoms with van der Waals surface area (Å²) in [5.41, 5.74) is 2.02. The fourth-order valence-corrected chi connectivity index (χ4v) is 2.68. The van der Waals surface area contributed by atoms with Crippen molar-refractivity contribution in [3.8, 4) is 0 Å². The minimum atomic E-state index is -0.765. The fraction of sp³-hybridized carbons (Fsp3) is 0.188. The Hall–Kier alpha value is -2.83. The molecule has 0 saturated heterocycles. The van der Waals surface area contributed by atoms with Crippen LogP contribution in [0.2, 0.25) is 0 Å². The van der Waals surface area contributed by atoms with Gasteiger partial charge in [-0.3, -0.25) is 18.7 Å². The molecule has 0 amide bonds. The van der Waals surface area contributed by atoms with E-state index in [0.717, 1.165) is 5.56 Å². The molecule has 6 nitrogen and oxygen atoms in total. The number of aromatic nitrogens is 2. The van der Waals surface area contributed by atoms with E-state index in [4.69, 9.17) is 9.39 Å². The van der Waals surface area contributed by atoms with Crippen molar-refractivity contribution >= 4 is 24.6 Å². The molecule has 0 spiro atoms. The summed E-state index contributed by atoms with van der Waals surface area (Å²) in [6.07, 6.45) is 4.94. The molecule has 1 radical (unpaired) electrons. The Balaban J connectivity index is 1.97. The number of rotatable bonds is 4. The van der Waals surface area contributed by atoms with Gasteiger partial charge in [0.15, 0.2) is 0 Å². The van der Waals surface area contributed by atoms with Gasteiger partial charge in [0, 0.05) is 0 Å². The molecular formula is C16H16BN2O4. The number of ether oxygens (including phenoxy) is 1. The van der Waals surface area contributed by atoms with Crippen LogP contribution in [0, 0.1) is 0 Å². The molecule has 23 heavy (non-hydrogen) atoms. The van der Waals surface area contributed by atoms with E-state index in [9.17, 15) is 9.59 Å². The third kappa shape index (κ3) is 2.90. The summed E-state index contributed by atoms with van der Waals surface area (Å²) in [4.78, 5) is 23.5. The van der Waals surface area contributed by atoms with Crippen LogP contribution < -0.4 is 10.3 Å². The number of hydrogen-bond donors (Lipinski definition) is 0. The van der Waals surface area contributed by atoms with E-state index in [2.05, 4.69) is 0 Å². The maximum Gasteiger partial charge on any atom is 0.296 e. The maximum absolute atomic E-state index is 11.9. The number of methoxy groups -OCH3 is 1. The van der Waals surface area contributed by atoms with Gasteiger partial charge in [-0.15, -0.1) is 0 Å². The van der Waals surface area contributed by atoms with Crippen LogP contribution in [-0.2, 0) is 32.6 Å². The van der Waals surface area contributed by atoms with Gasteiger partial charge in [0.1, 0.15) is 18.9 Å². The highest BCUT2D eigenvalue weighted by atomic mass is 16.5. The van der Waals surface area contributed by atoms with Crippen molar-refractivity contribution in [1.82, 2.24) is 4.57 Å². The second-order valence-electron chi connectivity index (χ2n) is 5.29. The van der Waals surface area contributed by atoms with Gasteiger partial charge in [-0.2, -0.15) is 0 Å². The van der Waals surface area contributed by atoms with E-state index in [1.165, 1.54) is 13.2 Å².